The van der Waals surface area contributed by atoms with Crippen LogP contribution in [0, 0.1) is 11.8 Å². The number of rotatable bonds is 9. The second kappa shape index (κ2) is 11.8. The largest absolute Gasteiger partial charge is 0.514 e. The van der Waals surface area contributed by atoms with Gasteiger partial charge in [0.15, 0.2) is 0 Å². The molecule has 0 atom stereocenters. The summed E-state index contributed by atoms with van der Waals surface area (Å²) >= 11 is 0. The molecular formula is C27H42O3. The molecule has 0 saturated heterocycles. The van der Waals surface area contributed by atoms with E-state index in [1.165, 1.54) is 69.8 Å². The van der Waals surface area contributed by atoms with Crippen LogP contribution in [0.25, 0.3) is 0 Å². The average Bonchev–Trinajstić information content (AvgIpc) is 2.76. The van der Waals surface area contributed by atoms with E-state index in [0.717, 1.165) is 43.9 Å². The first-order valence-electron chi connectivity index (χ1n) is 12.6. The first kappa shape index (κ1) is 23.2. The van der Waals surface area contributed by atoms with Gasteiger partial charge in [-0.05, 0) is 74.5 Å². The van der Waals surface area contributed by atoms with E-state index in [0.29, 0.717) is 5.75 Å². The molecule has 0 bridgehead atoms. The third kappa shape index (κ3) is 6.75. The van der Waals surface area contributed by atoms with Crippen molar-refractivity contribution in [3.8, 4) is 5.75 Å². The fourth-order valence-electron chi connectivity index (χ4n) is 5.70. The Balaban J connectivity index is 1.50. The van der Waals surface area contributed by atoms with Crippen LogP contribution in [0.5, 0.6) is 5.75 Å². The first-order valence-corrected chi connectivity index (χ1v) is 12.6. The number of unbranched alkanes of at least 4 members (excludes halogenated alkanes) is 2. The summed E-state index contributed by atoms with van der Waals surface area (Å²) in [7, 11) is 0. The van der Waals surface area contributed by atoms with E-state index in [9.17, 15) is 4.79 Å². The summed E-state index contributed by atoms with van der Waals surface area (Å²) in [4.78, 5) is 12.6. The predicted octanol–water partition coefficient (Wildman–Crippen LogP) is 8.24. The van der Waals surface area contributed by atoms with Gasteiger partial charge >= 0.3 is 6.16 Å². The van der Waals surface area contributed by atoms with Crippen LogP contribution in [-0.4, -0.2) is 11.8 Å². The quantitative estimate of drug-likeness (QED) is 0.232. The third-order valence-electron chi connectivity index (χ3n) is 7.46. The van der Waals surface area contributed by atoms with E-state index in [1.54, 1.807) is 0 Å². The van der Waals surface area contributed by atoms with Crippen LogP contribution in [0.2, 0.25) is 0 Å². The van der Waals surface area contributed by atoms with E-state index >= 15 is 0 Å². The van der Waals surface area contributed by atoms with Gasteiger partial charge in [-0.25, -0.2) is 4.79 Å². The van der Waals surface area contributed by atoms with Gasteiger partial charge in [0, 0.05) is 0 Å². The van der Waals surface area contributed by atoms with E-state index in [4.69, 9.17) is 9.47 Å². The topological polar surface area (TPSA) is 35.5 Å². The molecule has 2 aliphatic carbocycles. The minimum absolute atomic E-state index is 0.322. The van der Waals surface area contributed by atoms with Gasteiger partial charge in [-0.1, -0.05) is 77.3 Å². The summed E-state index contributed by atoms with van der Waals surface area (Å²) in [5.74, 6) is 2.32. The molecule has 2 fully saturated rings. The van der Waals surface area contributed by atoms with Crippen molar-refractivity contribution in [3.05, 3.63) is 29.8 Å². The van der Waals surface area contributed by atoms with Crippen LogP contribution in [0.1, 0.15) is 109 Å². The van der Waals surface area contributed by atoms with Crippen molar-refractivity contribution in [3.63, 3.8) is 0 Å². The second-order valence-electron chi connectivity index (χ2n) is 9.72. The molecule has 0 amide bonds. The Labute approximate surface area is 183 Å². The lowest BCUT2D eigenvalue weighted by Crippen LogP contribution is -2.41. The fourth-order valence-corrected chi connectivity index (χ4v) is 5.70. The zero-order valence-electron chi connectivity index (χ0n) is 19.3. The molecule has 3 nitrogen and oxygen atoms in total. The van der Waals surface area contributed by atoms with Gasteiger partial charge in [0.1, 0.15) is 11.4 Å². The summed E-state index contributed by atoms with van der Waals surface area (Å²) < 4.78 is 11.6. The predicted molar refractivity (Wildman–Crippen MR) is 123 cm³/mol. The van der Waals surface area contributed by atoms with E-state index in [2.05, 4.69) is 26.0 Å². The Kier molecular flexibility index (Phi) is 9.08. The van der Waals surface area contributed by atoms with Gasteiger partial charge in [0.2, 0.25) is 0 Å². The summed E-state index contributed by atoms with van der Waals surface area (Å²) in [6.45, 7) is 4.40. The molecule has 0 N–H and O–H groups in total. The van der Waals surface area contributed by atoms with Crippen LogP contribution in [-0.2, 0) is 11.2 Å². The molecule has 168 valence electrons. The standard InChI is InChI=1S/C27H42O3/c1-3-5-7-10-22-13-15-25(16-14-22)29-26(28)30-27(19-4-2)20-17-24(18-21-27)23-11-8-6-9-12-23/h13-16,23-24H,3-12,17-21H2,1-2H3. The molecule has 0 aromatic heterocycles. The van der Waals surface area contributed by atoms with Crippen molar-refractivity contribution < 1.29 is 14.3 Å². The maximum atomic E-state index is 12.6. The highest BCUT2D eigenvalue weighted by molar-refractivity contribution is 5.64. The number of carbonyl (C=O) groups is 1. The van der Waals surface area contributed by atoms with Crippen molar-refractivity contribution in [2.24, 2.45) is 11.8 Å². The Bertz CT molecular complexity index is 622. The van der Waals surface area contributed by atoms with Gasteiger partial charge in [-0.2, -0.15) is 0 Å². The highest BCUT2D eigenvalue weighted by Crippen LogP contribution is 2.44. The molecule has 0 radical (unpaired) electrons. The average molecular weight is 415 g/mol. The Hall–Kier alpha value is -1.51. The van der Waals surface area contributed by atoms with E-state index < -0.39 is 6.16 Å². The molecule has 1 aromatic carbocycles. The molecule has 30 heavy (non-hydrogen) atoms. The molecule has 2 saturated carbocycles. The van der Waals surface area contributed by atoms with Crippen molar-refractivity contribution in [2.45, 2.75) is 116 Å². The van der Waals surface area contributed by atoms with E-state index in [-0.39, 0.29) is 5.60 Å². The minimum Gasteiger partial charge on any atom is -0.427 e. The second-order valence-corrected chi connectivity index (χ2v) is 9.72. The van der Waals surface area contributed by atoms with Crippen LogP contribution >= 0.6 is 0 Å². The molecule has 2 aliphatic rings. The van der Waals surface area contributed by atoms with Crippen molar-refractivity contribution in [1.29, 1.82) is 0 Å². The third-order valence-corrected chi connectivity index (χ3v) is 7.46. The van der Waals surface area contributed by atoms with Crippen LogP contribution in [0.15, 0.2) is 24.3 Å². The number of hydrogen-bond acceptors (Lipinski definition) is 3. The molecule has 1 aromatic rings. The van der Waals surface area contributed by atoms with Gasteiger partial charge in [-0.15, -0.1) is 0 Å². The van der Waals surface area contributed by atoms with Crippen molar-refractivity contribution >= 4 is 6.16 Å². The van der Waals surface area contributed by atoms with Crippen molar-refractivity contribution in [2.75, 3.05) is 0 Å². The monoisotopic (exact) mass is 414 g/mol. The maximum absolute atomic E-state index is 12.6. The highest BCUT2D eigenvalue weighted by atomic mass is 16.7. The molecule has 0 heterocycles. The van der Waals surface area contributed by atoms with Crippen LogP contribution in [0.4, 0.5) is 4.79 Å². The Morgan fingerprint density at radius 3 is 2.20 bits per heavy atom. The normalized spacial score (nSPS) is 25.1. The number of aryl methyl sites for hydroxylation is 1. The first-order chi connectivity index (χ1) is 14.6. The summed E-state index contributed by atoms with van der Waals surface area (Å²) in [5, 5.41) is 0. The number of benzene rings is 1. The number of carbonyl (C=O) groups excluding carboxylic acids is 1. The molecule has 3 rings (SSSR count). The lowest BCUT2D eigenvalue weighted by Gasteiger charge is -2.42. The SMILES string of the molecule is CCCCCc1ccc(OC(=O)OC2(CCC)CCC(C3CCCCC3)CC2)cc1. The number of hydrogen-bond donors (Lipinski definition) is 0. The molecule has 0 unspecified atom stereocenters. The van der Waals surface area contributed by atoms with Gasteiger partial charge in [-0.3, -0.25) is 0 Å². The zero-order chi connectivity index (χ0) is 21.2. The lowest BCUT2D eigenvalue weighted by atomic mass is 9.68. The zero-order valence-corrected chi connectivity index (χ0v) is 19.3. The minimum atomic E-state index is -0.529. The highest BCUT2D eigenvalue weighted by Gasteiger charge is 2.40. The van der Waals surface area contributed by atoms with Gasteiger partial charge < -0.3 is 9.47 Å². The maximum Gasteiger partial charge on any atom is 0.514 e. The van der Waals surface area contributed by atoms with Crippen LogP contribution in [0.3, 0.4) is 0 Å². The summed E-state index contributed by atoms with van der Waals surface area (Å²) in [6.07, 6.45) is 17.6. The van der Waals surface area contributed by atoms with Gasteiger partial charge in [0.05, 0.1) is 0 Å². The summed E-state index contributed by atoms with van der Waals surface area (Å²) in [6, 6.07) is 7.93. The van der Waals surface area contributed by atoms with Crippen LogP contribution < -0.4 is 4.74 Å². The smallest absolute Gasteiger partial charge is 0.427 e. The Morgan fingerprint density at radius 2 is 1.57 bits per heavy atom. The fraction of sp³-hybridized carbons (Fsp3) is 0.741. The molecule has 3 heteroatoms. The Morgan fingerprint density at radius 1 is 0.900 bits per heavy atom. The molecule has 0 spiro atoms. The summed E-state index contributed by atoms with van der Waals surface area (Å²) in [5.41, 5.74) is 0.976. The lowest BCUT2D eigenvalue weighted by molar-refractivity contribution is -0.0575. The molecule has 0 aliphatic heterocycles. The molecular weight excluding hydrogens is 372 g/mol. The van der Waals surface area contributed by atoms with E-state index in [1.807, 2.05) is 12.1 Å². The van der Waals surface area contributed by atoms with Crippen molar-refractivity contribution in [1.82, 2.24) is 0 Å². The number of ether oxygens (including phenoxy) is 2. The van der Waals surface area contributed by atoms with Gasteiger partial charge in [0.25, 0.3) is 0 Å².